The minimum atomic E-state index is 0.336. The fourth-order valence-electron chi connectivity index (χ4n) is 3.70. The highest BCUT2D eigenvalue weighted by Gasteiger charge is 2.26. The molecule has 0 spiro atoms. The molecule has 1 aliphatic carbocycles. The normalized spacial score (nSPS) is 24.9. The zero-order chi connectivity index (χ0) is 13.9. The van der Waals surface area contributed by atoms with Gasteiger partial charge in [0.25, 0.3) is 0 Å². The van der Waals surface area contributed by atoms with Crippen molar-refractivity contribution in [2.45, 2.75) is 51.5 Å². The van der Waals surface area contributed by atoms with Crippen LogP contribution in [0.15, 0.2) is 29.6 Å². The van der Waals surface area contributed by atoms with E-state index in [1.54, 1.807) is 0 Å². The van der Waals surface area contributed by atoms with Crippen molar-refractivity contribution in [2.75, 3.05) is 0 Å². The van der Waals surface area contributed by atoms with Crippen LogP contribution in [0.5, 0.6) is 0 Å². The molecule has 2 aromatic rings. The molecule has 1 nitrogen and oxygen atoms in total. The van der Waals surface area contributed by atoms with E-state index in [0.717, 1.165) is 18.3 Å². The molecule has 1 aromatic heterocycles. The Kier molecular flexibility index (Phi) is 4.42. The van der Waals surface area contributed by atoms with E-state index >= 15 is 0 Å². The molecule has 108 valence electrons. The van der Waals surface area contributed by atoms with Gasteiger partial charge in [0.1, 0.15) is 0 Å². The molecule has 2 N–H and O–H groups in total. The summed E-state index contributed by atoms with van der Waals surface area (Å²) in [6.07, 6.45) is 7.84. The van der Waals surface area contributed by atoms with Gasteiger partial charge in [-0.1, -0.05) is 44.4 Å². The predicted octanol–water partition coefficient (Wildman–Crippen LogP) is 4.99. The van der Waals surface area contributed by atoms with Crippen LogP contribution in [0.4, 0.5) is 0 Å². The van der Waals surface area contributed by atoms with Crippen LogP contribution >= 0.6 is 11.3 Å². The van der Waals surface area contributed by atoms with Crippen molar-refractivity contribution in [1.29, 1.82) is 0 Å². The molecular weight excluding hydrogens is 262 g/mol. The molecule has 1 heterocycles. The van der Waals surface area contributed by atoms with Gasteiger partial charge in [-0.05, 0) is 53.5 Å². The van der Waals surface area contributed by atoms with Gasteiger partial charge in [-0.25, -0.2) is 0 Å². The lowest BCUT2D eigenvalue weighted by Crippen LogP contribution is -2.35. The van der Waals surface area contributed by atoms with Gasteiger partial charge in [-0.2, -0.15) is 0 Å². The summed E-state index contributed by atoms with van der Waals surface area (Å²) >= 11 is 1.85. The van der Waals surface area contributed by atoms with E-state index < -0.39 is 0 Å². The maximum absolute atomic E-state index is 6.55. The summed E-state index contributed by atoms with van der Waals surface area (Å²) in [5.74, 6) is 1.64. The molecule has 0 aliphatic heterocycles. The molecule has 3 atom stereocenters. The van der Waals surface area contributed by atoms with Gasteiger partial charge in [0.2, 0.25) is 0 Å². The van der Waals surface area contributed by atoms with Crippen molar-refractivity contribution in [3.63, 3.8) is 0 Å². The summed E-state index contributed by atoms with van der Waals surface area (Å²) in [4.78, 5) is 0. The minimum absolute atomic E-state index is 0.336. The lowest BCUT2D eigenvalue weighted by molar-refractivity contribution is 0.228. The fourth-order valence-corrected chi connectivity index (χ4v) is 4.68. The van der Waals surface area contributed by atoms with Gasteiger partial charge in [0.05, 0.1) is 0 Å². The molecule has 0 saturated heterocycles. The first kappa shape index (κ1) is 14.1. The van der Waals surface area contributed by atoms with Crippen LogP contribution in [0.3, 0.4) is 0 Å². The Labute approximate surface area is 126 Å². The van der Waals surface area contributed by atoms with Gasteiger partial charge in [0, 0.05) is 10.7 Å². The molecule has 0 radical (unpaired) electrons. The number of nitrogens with two attached hydrogens (primary N) is 1. The van der Waals surface area contributed by atoms with Crippen LogP contribution in [0.25, 0.3) is 10.1 Å². The van der Waals surface area contributed by atoms with Crippen LogP contribution in [0.1, 0.15) is 44.6 Å². The smallest absolute Gasteiger partial charge is 0.0345 e. The van der Waals surface area contributed by atoms with Crippen molar-refractivity contribution in [3.05, 3.63) is 35.2 Å². The van der Waals surface area contributed by atoms with Gasteiger partial charge in [-0.3, -0.25) is 0 Å². The molecule has 0 bridgehead atoms. The Morgan fingerprint density at radius 3 is 3.00 bits per heavy atom. The highest BCUT2D eigenvalue weighted by molar-refractivity contribution is 7.17. The molecule has 1 saturated carbocycles. The summed E-state index contributed by atoms with van der Waals surface area (Å²) in [6, 6.07) is 9.04. The standard InChI is InChI=1S/C18H25NS/c1-2-13-6-5-7-14(10-13)17(19)11-15-12-20-18-9-4-3-8-16(15)18/h3-4,8-9,12-14,17H,2,5-7,10-11,19H2,1H3. The first-order valence-corrected chi connectivity index (χ1v) is 8.86. The van der Waals surface area contributed by atoms with E-state index in [0.29, 0.717) is 6.04 Å². The van der Waals surface area contributed by atoms with Crippen LogP contribution in [0, 0.1) is 11.8 Å². The number of benzene rings is 1. The summed E-state index contributed by atoms with van der Waals surface area (Å²) in [7, 11) is 0. The maximum atomic E-state index is 6.55. The van der Waals surface area contributed by atoms with Crippen molar-refractivity contribution in [3.8, 4) is 0 Å². The van der Waals surface area contributed by atoms with Crippen molar-refractivity contribution < 1.29 is 0 Å². The lowest BCUT2D eigenvalue weighted by atomic mass is 9.76. The Hall–Kier alpha value is -0.860. The monoisotopic (exact) mass is 287 g/mol. The van der Waals surface area contributed by atoms with Crippen LogP contribution in [0.2, 0.25) is 0 Å². The number of fused-ring (bicyclic) bond motifs is 1. The summed E-state index contributed by atoms with van der Waals surface area (Å²) in [5, 5.41) is 3.72. The summed E-state index contributed by atoms with van der Waals surface area (Å²) < 4.78 is 1.39. The zero-order valence-corrected chi connectivity index (χ0v) is 13.2. The summed E-state index contributed by atoms with van der Waals surface area (Å²) in [6.45, 7) is 2.32. The Morgan fingerprint density at radius 1 is 1.30 bits per heavy atom. The number of rotatable bonds is 4. The Balaban J connectivity index is 1.70. The van der Waals surface area contributed by atoms with Crippen molar-refractivity contribution >= 4 is 21.4 Å². The molecule has 2 heteroatoms. The Bertz CT molecular complexity index is 559. The average molecular weight is 287 g/mol. The van der Waals surface area contributed by atoms with Gasteiger partial charge in [-0.15, -0.1) is 11.3 Å². The van der Waals surface area contributed by atoms with Crippen LogP contribution < -0.4 is 5.73 Å². The molecule has 1 fully saturated rings. The average Bonchev–Trinajstić information content (AvgIpc) is 2.90. The Morgan fingerprint density at radius 2 is 2.15 bits per heavy atom. The second kappa shape index (κ2) is 6.28. The van der Waals surface area contributed by atoms with E-state index in [2.05, 4.69) is 36.6 Å². The third kappa shape index (κ3) is 2.91. The van der Waals surface area contributed by atoms with E-state index in [4.69, 9.17) is 5.73 Å². The van der Waals surface area contributed by atoms with E-state index in [9.17, 15) is 0 Å². The second-order valence-corrected chi connectivity index (χ2v) is 7.24. The van der Waals surface area contributed by atoms with Crippen molar-refractivity contribution in [2.24, 2.45) is 17.6 Å². The van der Waals surface area contributed by atoms with E-state index in [-0.39, 0.29) is 0 Å². The van der Waals surface area contributed by atoms with Gasteiger partial charge >= 0.3 is 0 Å². The zero-order valence-electron chi connectivity index (χ0n) is 12.3. The highest BCUT2D eigenvalue weighted by Crippen LogP contribution is 2.34. The fraction of sp³-hybridized carbons (Fsp3) is 0.556. The van der Waals surface area contributed by atoms with Crippen LogP contribution in [-0.2, 0) is 6.42 Å². The topological polar surface area (TPSA) is 26.0 Å². The largest absolute Gasteiger partial charge is 0.327 e. The molecule has 1 aliphatic rings. The summed E-state index contributed by atoms with van der Waals surface area (Å²) in [5.41, 5.74) is 8.01. The second-order valence-electron chi connectivity index (χ2n) is 6.33. The number of thiophene rings is 1. The molecule has 3 unspecified atom stereocenters. The lowest BCUT2D eigenvalue weighted by Gasteiger charge is -2.32. The number of hydrogen-bond acceptors (Lipinski definition) is 2. The molecule has 3 rings (SSSR count). The first-order chi connectivity index (χ1) is 9.78. The minimum Gasteiger partial charge on any atom is -0.327 e. The molecule has 0 amide bonds. The molecule has 1 aromatic carbocycles. The highest BCUT2D eigenvalue weighted by atomic mass is 32.1. The van der Waals surface area contributed by atoms with E-state index in [1.165, 1.54) is 47.8 Å². The van der Waals surface area contributed by atoms with Crippen molar-refractivity contribution in [1.82, 2.24) is 0 Å². The predicted molar refractivity (Wildman–Crippen MR) is 89.2 cm³/mol. The third-order valence-electron chi connectivity index (χ3n) is 5.02. The van der Waals surface area contributed by atoms with Crippen LogP contribution in [-0.4, -0.2) is 6.04 Å². The molecular formula is C18H25NS. The first-order valence-electron chi connectivity index (χ1n) is 7.98. The van der Waals surface area contributed by atoms with E-state index in [1.807, 2.05) is 11.3 Å². The maximum Gasteiger partial charge on any atom is 0.0345 e. The third-order valence-corrected chi connectivity index (χ3v) is 6.04. The quantitative estimate of drug-likeness (QED) is 0.842. The van der Waals surface area contributed by atoms with Gasteiger partial charge < -0.3 is 5.73 Å². The molecule has 20 heavy (non-hydrogen) atoms. The SMILES string of the molecule is CCC1CCCC(C(N)Cc2csc3ccccc23)C1. The van der Waals surface area contributed by atoms with Gasteiger partial charge in [0.15, 0.2) is 0 Å². The number of hydrogen-bond donors (Lipinski definition) is 1.